The van der Waals surface area contributed by atoms with E-state index in [2.05, 4.69) is 20.6 Å². The van der Waals surface area contributed by atoms with Crippen LogP contribution in [-0.4, -0.2) is 31.2 Å². The summed E-state index contributed by atoms with van der Waals surface area (Å²) in [4.78, 5) is 8.12. The van der Waals surface area contributed by atoms with E-state index >= 15 is 0 Å². The van der Waals surface area contributed by atoms with Crippen molar-refractivity contribution in [3.05, 3.63) is 30.3 Å². The summed E-state index contributed by atoms with van der Waals surface area (Å²) in [5, 5.41) is 5.87. The molecule has 1 aromatic heterocycles. The highest BCUT2D eigenvalue weighted by molar-refractivity contribution is 5.69. The number of ether oxygens (including phenoxy) is 2. The van der Waals surface area contributed by atoms with Crippen LogP contribution >= 0.6 is 0 Å². The van der Waals surface area contributed by atoms with Gasteiger partial charge in [-0.2, -0.15) is 0 Å². The minimum Gasteiger partial charge on any atom is -0.494 e. The summed E-state index contributed by atoms with van der Waals surface area (Å²) in [5.74, 6) is 1.15. The summed E-state index contributed by atoms with van der Waals surface area (Å²) >= 11 is 0. The number of nitrogens with one attached hydrogen (secondary N) is 2. The van der Waals surface area contributed by atoms with E-state index in [0.29, 0.717) is 23.1 Å². The number of hydrogen-bond acceptors (Lipinski definition) is 6. The highest BCUT2D eigenvalue weighted by atomic mass is 19.1. The lowest BCUT2D eigenvalue weighted by molar-refractivity contribution is 0.386. The van der Waals surface area contributed by atoms with Gasteiger partial charge in [-0.3, -0.25) is 0 Å². The molecule has 0 aliphatic carbocycles. The summed E-state index contributed by atoms with van der Waals surface area (Å²) in [7, 11) is 4.65. The minimum absolute atomic E-state index is 0.182. The van der Waals surface area contributed by atoms with E-state index in [0.717, 1.165) is 0 Å². The fourth-order valence-electron chi connectivity index (χ4n) is 1.72. The van der Waals surface area contributed by atoms with Crippen molar-refractivity contribution in [3.8, 4) is 11.5 Å². The first kappa shape index (κ1) is 13.9. The number of anilines is 3. The molecule has 0 aliphatic heterocycles. The fourth-order valence-corrected chi connectivity index (χ4v) is 1.72. The summed E-state index contributed by atoms with van der Waals surface area (Å²) in [6.07, 6.45) is 1.39. The van der Waals surface area contributed by atoms with E-state index in [-0.39, 0.29) is 5.75 Å². The Morgan fingerprint density at radius 2 is 1.85 bits per heavy atom. The van der Waals surface area contributed by atoms with Crippen LogP contribution in [0, 0.1) is 5.82 Å². The monoisotopic (exact) mass is 278 g/mol. The van der Waals surface area contributed by atoms with Gasteiger partial charge in [-0.15, -0.1) is 0 Å². The fraction of sp³-hybridized carbons (Fsp3) is 0.231. The molecule has 0 radical (unpaired) electrons. The number of rotatable bonds is 5. The van der Waals surface area contributed by atoms with Crippen LogP contribution in [0.15, 0.2) is 24.5 Å². The second-order valence-corrected chi connectivity index (χ2v) is 3.83. The summed E-state index contributed by atoms with van der Waals surface area (Å²) in [6.45, 7) is 0. The third-order valence-corrected chi connectivity index (χ3v) is 2.66. The molecule has 0 amide bonds. The van der Waals surface area contributed by atoms with E-state index in [9.17, 15) is 4.39 Å². The summed E-state index contributed by atoms with van der Waals surface area (Å²) in [5.41, 5.74) is 0.530. The lowest BCUT2D eigenvalue weighted by Gasteiger charge is -2.13. The standard InChI is InChI=1S/C13H15FN4O2/c1-15-12-11(20-3)13(17-7-16-12)18-8-4-5-10(19-2)9(14)6-8/h4-7H,1-3H3,(H2,15,16,17,18). The Hall–Kier alpha value is -2.57. The van der Waals surface area contributed by atoms with Crippen molar-refractivity contribution in [3.63, 3.8) is 0 Å². The first-order chi connectivity index (χ1) is 9.69. The first-order valence-electron chi connectivity index (χ1n) is 5.87. The van der Waals surface area contributed by atoms with Crippen molar-refractivity contribution in [2.45, 2.75) is 0 Å². The number of hydrogen-bond donors (Lipinski definition) is 2. The van der Waals surface area contributed by atoms with Crippen LogP contribution in [-0.2, 0) is 0 Å². The van der Waals surface area contributed by atoms with Crippen LogP contribution in [0.4, 0.5) is 21.7 Å². The molecule has 0 fully saturated rings. The van der Waals surface area contributed by atoms with Gasteiger partial charge in [0, 0.05) is 18.8 Å². The molecule has 2 rings (SSSR count). The molecule has 0 spiro atoms. The van der Waals surface area contributed by atoms with Crippen molar-refractivity contribution in [1.82, 2.24) is 9.97 Å². The molecular formula is C13H15FN4O2. The minimum atomic E-state index is -0.459. The molecule has 7 heteroatoms. The van der Waals surface area contributed by atoms with E-state index in [1.807, 2.05) is 0 Å². The van der Waals surface area contributed by atoms with E-state index in [1.165, 1.54) is 32.7 Å². The second-order valence-electron chi connectivity index (χ2n) is 3.83. The van der Waals surface area contributed by atoms with Gasteiger partial charge < -0.3 is 20.1 Å². The SMILES string of the molecule is CNc1ncnc(Nc2ccc(OC)c(F)c2)c1OC. The maximum Gasteiger partial charge on any atom is 0.204 e. The molecule has 0 saturated carbocycles. The van der Waals surface area contributed by atoms with Crippen LogP contribution in [0.5, 0.6) is 11.5 Å². The van der Waals surface area contributed by atoms with Gasteiger partial charge in [-0.05, 0) is 12.1 Å². The molecule has 1 aromatic carbocycles. The Morgan fingerprint density at radius 1 is 1.10 bits per heavy atom. The number of aromatic nitrogens is 2. The van der Waals surface area contributed by atoms with Crippen LogP contribution in [0.1, 0.15) is 0 Å². The quantitative estimate of drug-likeness (QED) is 0.875. The highest BCUT2D eigenvalue weighted by Gasteiger charge is 2.12. The molecule has 20 heavy (non-hydrogen) atoms. The Balaban J connectivity index is 2.32. The van der Waals surface area contributed by atoms with Gasteiger partial charge in [-0.1, -0.05) is 0 Å². The predicted octanol–water partition coefficient (Wildman–Crippen LogP) is 2.42. The zero-order chi connectivity index (χ0) is 14.5. The van der Waals surface area contributed by atoms with E-state index in [1.54, 1.807) is 13.1 Å². The Kier molecular flexibility index (Phi) is 4.19. The smallest absolute Gasteiger partial charge is 0.204 e. The van der Waals surface area contributed by atoms with Crippen LogP contribution in [0.2, 0.25) is 0 Å². The van der Waals surface area contributed by atoms with Gasteiger partial charge in [-0.25, -0.2) is 14.4 Å². The molecule has 0 atom stereocenters. The molecular weight excluding hydrogens is 263 g/mol. The summed E-state index contributed by atoms with van der Waals surface area (Å²) < 4.78 is 23.8. The van der Waals surface area contributed by atoms with Gasteiger partial charge in [0.25, 0.3) is 0 Å². The van der Waals surface area contributed by atoms with Gasteiger partial charge in [0.2, 0.25) is 5.75 Å². The van der Waals surface area contributed by atoms with E-state index < -0.39 is 5.82 Å². The van der Waals surface area contributed by atoms with Crippen molar-refractivity contribution in [2.24, 2.45) is 0 Å². The van der Waals surface area contributed by atoms with Gasteiger partial charge in [0.1, 0.15) is 6.33 Å². The maximum atomic E-state index is 13.6. The lowest BCUT2D eigenvalue weighted by atomic mass is 10.3. The van der Waals surface area contributed by atoms with Gasteiger partial charge in [0.15, 0.2) is 23.2 Å². The average Bonchev–Trinajstić information content (AvgIpc) is 2.47. The number of halogens is 1. The number of benzene rings is 1. The first-order valence-corrected chi connectivity index (χ1v) is 5.87. The molecule has 106 valence electrons. The Labute approximate surface area is 116 Å². The topological polar surface area (TPSA) is 68.3 Å². The molecule has 0 unspecified atom stereocenters. The third kappa shape index (κ3) is 2.71. The van der Waals surface area contributed by atoms with Crippen molar-refractivity contribution in [1.29, 1.82) is 0 Å². The number of nitrogens with zero attached hydrogens (tertiary/aromatic N) is 2. The molecule has 0 bridgehead atoms. The third-order valence-electron chi connectivity index (χ3n) is 2.66. The van der Waals surface area contributed by atoms with Gasteiger partial charge >= 0.3 is 0 Å². The van der Waals surface area contributed by atoms with Crippen molar-refractivity contribution >= 4 is 17.3 Å². The van der Waals surface area contributed by atoms with E-state index in [4.69, 9.17) is 9.47 Å². The average molecular weight is 278 g/mol. The molecule has 6 nitrogen and oxygen atoms in total. The maximum absolute atomic E-state index is 13.6. The van der Waals surface area contributed by atoms with Gasteiger partial charge in [0.05, 0.1) is 14.2 Å². The van der Waals surface area contributed by atoms with Crippen LogP contribution in [0.25, 0.3) is 0 Å². The number of methoxy groups -OCH3 is 2. The van der Waals surface area contributed by atoms with Crippen molar-refractivity contribution < 1.29 is 13.9 Å². The molecule has 0 aliphatic rings. The molecule has 1 heterocycles. The Morgan fingerprint density at radius 3 is 2.45 bits per heavy atom. The Bertz CT molecular complexity index is 607. The molecule has 2 N–H and O–H groups in total. The zero-order valence-corrected chi connectivity index (χ0v) is 11.4. The normalized spacial score (nSPS) is 10.0. The molecule has 0 saturated heterocycles. The zero-order valence-electron chi connectivity index (χ0n) is 11.4. The van der Waals surface area contributed by atoms with Crippen LogP contribution in [0.3, 0.4) is 0 Å². The van der Waals surface area contributed by atoms with Crippen LogP contribution < -0.4 is 20.1 Å². The van der Waals surface area contributed by atoms with Crippen molar-refractivity contribution in [2.75, 3.05) is 31.9 Å². The predicted molar refractivity (Wildman–Crippen MR) is 74.4 cm³/mol. The second kappa shape index (κ2) is 6.05. The lowest BCUT2D eigenvalue weighted by Crippen LogP contribution is -2.03. The summed E-state index contributed by atoms with van der Waals surface area (Å²) in [6, 6.07) is 4.53. The highest BCUT2D eigenvalue weighted by Crippen LogP contribution is 2.31. The molecule has 2 aromatic rings. The largest absolute Gasteiger partial charge is 0.494 e.